The highest BCUT2D eigenvalue weighted by molar-refractivity contribution is 6.37. The summed E-state index contributed by atoms with van der Waals surface area (Å²) in [6.45, 7) is 5.94. The zero-order valence-electron chi connectivity index (χ0n) is 8.22. The Morgan fingerprint density at radius 2 is 1.75 bits per heavy atom. The summed E-state index contributed by atoms with van der Waals surface area (Å²) in [6, 6.07) is 0. The lowest BCUT2D eigenvalue weighted by Crippen LogP contribution is -2.16. The van der Waals surface area contributed by atoms with E-state index in [0.29, 0.717) is 18.8 Å². The maximum atomic E-state index is 11.2. The third-order valence-corrected chi connectivity index (χ3v) is 2.02. The van der Waals surface area contributed by atoms with Gasteiger partial charge in [-0.05, 0) is 12.3 Å². The molecule has 0 N–H and O–H groups in total. The van der Waals surface area contributed by atoms with Gasteiger partial charge in [-0.15, -0.1) is 0 Å². The summed E-state index contributed by atoms with van der Waals surface area (Å²) in [5, 5.41) is 0. The van der Waals surface area contributed by atoms with Gasteiger partial charge in [0.1, 0.15) is 0 Å². The van der Waals surface area contributed by atoms with Gasteiger partial charge in [0.2, 0.25) is 0 Å². The van der Waals surface area contributed by atoms with E-state index in [-0.39, 0.29) is 11.6 Å². The van der Waals surface area contributed by atoms with Crippen LogP contribution in [0.4, 0.5) is 0 Å². The summed E-state index contributed by atoms with van der Waals surface area (Å²) in [5.74, 6) is -0.0395. The summed E-state index contributed by atoms with van der Waals surface area (Å²) >= 11 is 0. The number of carbonyl (C=O) groups excluding carboxylic acids is 2. The smallest absolute Gasteiger partial charge is 0.198 e. The van der Waals surface area contributed by atoms with Crippen molar-refractivity contribution in [3.8, 4) is 0 Å². The summed E-state index contributed by atoms with van der Waals surface area (Å²) in [4.78, 5) is 22.2. The normalized spacial score (nSPS) is 12.6. The van der Waals surface area contributed by atoms with E-state index in [1.54, 1.807) is 0 Å². The van der Waals surface area contributed by atoms with Gasteiger partial charge in [-0.25, -0.2) is 0 Å². The first-order valence-electron chi connectivity index (χ1n) is 4.67. The molecular formula is C10H18O2. The van der Waals surface area contributed by atoms with E-state index in [1.807, 2.05) is 20.8 Å². The molecular weight excluding hydrogens is 152 g/mol. The molecule has 2 nitrogen and oxygen atoms in total. The molecule has 0 rings (SSSR count). The molecule has 0 amide bonds. The fourth-order valence-corrected chi connectivity index (χ4v) is 0.941. The van der Waals surface area contributed by atoms with Crippen molar-refractivity contribution in [3.05, 3.63) is 0 Å². The van der Waals surface area contributed by atoms with Crippen LogP contribution in [0.25, 0.3) is 0 Å². The highest BCUT2D eigenvalue weighted by atomic mass is 16.2. The Morgan fingerprint density at radius 3 is 2.17 bits per heavy atom. The molecule has 0 saturated heterocycles. The zero-order chi connectivity index (χ0) is 9.56. The predicted octanol–water partition coefficient (Wildman–Crippen LogP) is 2.36. The van der Waals surface area contributed by atoms with Crippen LogP contribution in [-0.4, -0.2) is 11.6 Å². The first kappa shape index (κ1) is 11.3. The molecule has 2 heteroatoms. The number of ketones is 2. The molecule has 0 aliphatic heterocycles. The number of Topliss-reactive ketones (excluding diaryl/α,β-unsaturated/α-hetero) is 2. The van der Waals surface area contributed by atoms with Gasteiger partial charge in [0.05, 0.1) is 0 Å². The first-order chi connectivity index (χ1) is 5.61. The number of hydrogen-bond donors (Lipinski definition) is 0. The van der Waals surface area contributed by atoms with E-state index in [9.17, 15) is 9.59 Å². The van der Waals surface area contributed by atoms with Gasteiger partial charge < -0.3 is 0 Å². The molecule has 0 aliphatic carbocycles. The molecule has 0 heterocycles. The molecule has 0 aliphatic rings. The van der Waals surface area contributed by atoms with E-state index in [0.717, 1.165) is 12.8 Å². The van der Waals surface area contributed by atoms with Crippen molar-refractivity contribution in [3.63, 3.8) is 0 Å². The van der Waals surface area contributed by atoms with Gasteiger partial charge in [0, 0.05) is 12.8 Å². The van der Waals surface area contributed by atoms with Crippen LogP contribution in [0.3, 0.4) is 0 Å². The van der Waals surface area contributed by atoms with Crippen molar-refractivity contribution >= 4 is 11.6 Å². The Balaban J connectivity index is 3.79. The van der Waals surface area contributed by atoms with Crippen molar-refractivity contribution in [2.24, 2.45) is 5.92 Å². The van der Waals surface area contributed by atoms with Crippen LogP contribution in [0.15, 0.2) is 0 Å². The Labute approximate surface area is 74.3 Å². The fraction of sp³-hybridized carbons (Fsp3) is 0.800. The zero-order valence-corrected chi connectivity index (χ0v) is 8.22. The summed E-state index contributed by atoms with van der Waals surface area (Å²) in [7, 11) is 0. The lowest BCUT2D eigenvalue weighted by atomic mass is 9.99. The van der Waals surface area contributed by atoms with Crippen molar-refractivity contribution in [1.29, 1.82) is 0 Å². The molecule has 1 atom stereocenters. The Kier molecular flexibility index (Phi) is 5.60. The van der Waals surface area contributed by atoms with Gasteiger partial charge in [0.25, 0.3) is 0 Å². The Bertz CT molecular complexity index is 161. The molecule has 0 bridgehead atoms. The molecule has 0 spiro atoms. The minimum atomic E-state index is -0.196. The minimum absolute atomic E-state index is 0.189. The van der Waals surface area contributed by atoms with Crippen LogP contribution in [-0.2, 0) is 9.59 Å². The standard InChI is InChI=1S/C10H18O2/c1-4-6-9(11)10(12)7-8(3)5-2/h8H,4-7H2,1-3H3. The van der Waals surface area contributed by atoms with E-state index in [2.05, 4.69) is 0 Å². The average molecular weight is 170 g/mol. The number of hydrogen-bond acceptors (Lipinski definition) is 2. The third-order valence-electron chi connectivity index (χ3n) is 2.02. The van der Waals surface area contributed by atoms with E-state index in [4.69, 9.17) is 0 Å². The molecule has 0 aromatic heterocycles. The van der Waals surface area contributed by atoms with E-state index >= 15 is 0 Å². The highest BCUT2D eigenvalue weighted by Crippen LogP contribution is 2.08. The fourth-order valence-electron chi connectivity index (χ4n) is 0.941. The van der Waals surface area contributed by atoms with Crippen LogP contribution in [0, 0.1) is 5.92 Å². The summed E-state index contributed by atoms with van der Waals surface area (Å²) < 4.78 is 0. The Morgan fingerprint density at radius 1 is 1.17 bits per heavy atom. The minimum Gasteiger partial charge on any atom is -0.291 e. The monoisotopic (exact) mass is 170 g/mol. The van der Waals surface area contributed by atoms with E-state index in [1.165, 1.54) is 0 Å². The van der Waals surface area contributed by atoms with Crippen molar-refractivity contribution < 1.29 is 9.59 Å². The van der Waals surface area contributed by atoms with Gasteiger partial charge in [-0.2, -0.15) is 0 Å². The van der Waals surface area contributed by atoms with E-state index < -0.39 is 0 Å². The largest absolute Gasteiger partial charge is 0.291 e. The molecule has 0 saturated carbocycles. The molecule has 70 valence electrons. The summed E-state index contributed by atoms with van der Waals surface area (Å²) in [6.07, 6.45) is 2.57. The maximum Gasteiger partial charge on any atom is 0.198 e. The van der Waals surface area contributed by atoms with Gasteiger partial charge >= 0.3 is 0 Å². The molecule has 0 fully saturated rings. The van der Waals surface area contributed by atoms with Crippen LogP contribution in [0.2, 0.25) is 0 Å². The third kappa shape index (κ3) is 4.27. The van der Waals surface area contributed by atoms with Gasteiger partial charge in [-0.1, -0.05) is 27.2 Å². The van der Waals surface area contributed by atoms with Crippen LogP contribution in [0.5, 0.6) is 0 Å². The molecule has 0 radical (unpaired) electrons. The van der Waals surface area contributed by atoms with Crippen molar-refractivity contribution in [2.45, 2.75) is 46.5 Å². The number of carbonyl (C=O) groups is 2. The molecule has 1 unspecified atom stereocenters. The maximum absolute atomic E-state index is 11.2. The quantitative estimate of drug-likeness (QED) is 0.573. The van der Waals surface area contributed by atoms with Crippen LogP contribution in [0.1, 0.15) is 46.5 Å². The van der Waals surface area contributed by atoms with Crippen LogP contribution < -0.4 is 0 Å². The predicted molar refractivity (Wildman–Crippen MR) is 49.0 cm³/mol. The molecule has 0 aromatic carbocycles. The lowest BCUT2D eigenvalue weighted by molar-refractivity contribution is -0.137. The second kappa shape index (κ2) is 5.92. The average Bonchev–Trinajstić information content (AvgIpc) is 2.04. The SMILES string of the molecule is CCCC(=O)C(=O)CC(C)CC. The Hall–Kier alpha value is -0.660. The van der Waals surface area contributed by atoms with Crippen LogP contribution >= 0.6 is 0 Å². The summed E-state index contributed by atoms with van der Waals surface area (Å²) in [5.41, 5.74) is 0. The van der Waals surface area contributed by atoms with Crippen molar-refractivity contribution in [2.75, 3.05) is 0 Å². The molecule has 12 heavy (non-hydrogen) atoms. The van der Waals surface area contributed by atoms with Gasteiger partial charge in [0.15, 0.2) is 11.6 Å². The molecule has 0 aromatic rings. The second-order valence-electron chi connectivity index (χ2n) is 3.31. The topological polar surface area (TPSA) is 34.1 Å². The van der Waals surface area contributed by atoms with Gasteiger partial charge in [-0.3, -0.25) is 9.59 Å². The second-order valence-corrected chi connectivity index (χ2v) is 3.31. The van der Waals surface area contributed by atoms with Crippen molar-refractivity contribution in [1.82, 2.24) is 0 Å². The lowest BCUT2D eigenvalue weighted by Gasteiger charge is -2.05. The first-order valence-corrected chi connectivity index (χ1v) is 4.67. The number of rotatable bonds is 6. The highest BCUT2D eigenvalue weighted by Gasteiger charge is 2.14.